The van der Waals surface area contributed by atoms with Crippen LogP contribution in [0.25, 0.3) is 16.9 Å². The fourth-order valence-electron chi connectivity index (χ4n) is 2.44. The van der Waals surface area contributed by atoms with Gasteiger partial charge in [-0.15, -0.1) is 0 Å². The van der Waals surface area contributed by atoms with Gasteiger partial charge in [-0.25, -0.2) is 4.98 Å². The molecule has 0 fully saturated rings. The molecule has 7 heteroatoms. The minimum absolute atomic E-state index is 0.0336. The molecule has 0 amide bonds. The summed E-state index contributed by atoms with van der Waals surface area (Å²) in [6, 6.07) is 9.99. The molecule has 0 radical (unpaired) electrons. The van der Waals surface area contributed by atoms with E-state index in [2.05, 4.69) is 4.98 Å². The van der Waals surface area contributed by atoms with Crippen LogP contribution in [0.4, 0.5) is 5.69 Å². The summed E-state index contributed by atoms with van der Waals surface area (Å²) in [6.45, 7) is 0.447. The van der Waals surface area contributed by atoms with Gasteiger partial charge in [-0.3, -0.25) is 10.1 Å². The summed E-state index contributed by atoms with van der Waals surface area (Å²) in [4.78, 5) is 15.1. The normalized spacial score (nSPS) is 11.0. The highest BCUT2D eigenvalue weighted by atomic mass is 35.5. The Balaban J connectivity index is 2.23. The van der Waals surface area contributed by atoms with Crippen molar-refractivity contribution in [2.45, 2.75) is 6.42 Å². The molecule has 0 aliphatic heterocycles. The first-order valence-corrected chi connectivity index (χ1v) is 7.09. The third-order valence-electron chi connectivity index (χ3n) is 3.39. The number of benzene rings is 1. The van der Waals surface area contributed by atoms with Gasteiger partial charge in [0.15, 0.2) is 0 Å². The lowest BCUT2D eigenvalue weighted by Crippen LogP contribution is -2.06. The fraction of sp³-hybridized carbons (Fsp3) is 0.133. The molecule has 112 valence electrons. The predicted octanol–water partition coefficient (Wildman–Crippen LogP) is 3.06. The maximum Gasteiger partial charge on any atom is 0.270 e. The Morgan fingerprint density at radius 2 is 2.14 bits per heavy atom. The SMILES string of the molecule is NCCc1c(-c2cccc([N+](=O)[O-])c2)nc2ccc(Cl)cn12. The van der Waals surface area contributed by atoms with E-state index >= 15 is 0 Å². The molecule has 3 aromatic rings. The zero-order chi connectivity index (χ0) is 15.7. The van der Waals surface area contributed by atoms with Crippen LogP contribution in [0.3, 0.4) is 0 Å². The first-order chi connectivity index (χ1) is 10.6. The molecule has 0 spiro atoms. The van der Waals surface area contributed by atoms with E-state index in [0.717, 1.165) is 11.3 Å². The first-order valence-electron chi connectivity index (χ1n) is 6.71. The van der Waals surface area contributed by atoms with E-state index in [1.54, 1.807) is 24.4 Å². The average Bonchev–Trinajstić information content (AvgIpc) is 2.86. The number of pyridine rings is 1. The molecule has 2 heterocycles. The molecule has 2 aromatic heterocycles. The van der Waals surface area contributed by atoms with Gasteiger partial charge in [0.25, 0.3) is 5.69 Å². The standard InChI is InChI=1S/C15H13ClN4O2/c16-11-4-5-14-18-15(13(6-7-17)19(14)9-11)10-2-1-3-12(8-10)20(21)22/h1-5,8-9H,6-7,17H2. The Hall–Kier alpha value is -2.44. The highest BCUT2D eigenvalue weighted by Gasteiger charge is 2.16. The average molecular weight is 317 g/mol. The smallest absolute Gasteiger partial charge is 0.270 e. The lowest BCUT2D eigenvalue weighted by Gasteiger charge is -2.04. The number of nitrogens with zero attached hydrogens (tertiary/aromatic N) is 3. The van der Waals surface area contributed by atoms with Gasteiger partial charge in [-0.1, -0.05) is 23.7 Å². The number of fused-ring (bicyclic) bond motifs is 1. The number of aromatic nitrogens is 2. The summed E-state index contributed by atoms with van der Waals surface area (Å²) in [6.07, 6.45) is 2.37. The van der Waals surface area contributed by atoms with Crippen LogP contribution in [-0.2, 0) is 6.42 Å². The van der Waals surface area contributed by atoms with E-state index in [1.165, 1.54) is 12.1 Å². The van der Waals surface area contributed by atoms with Crippen LogP contribution in [0.1, 0.15) is 5.69 Å². The van der Waals surface area contributed by atoms with Crippen LogP contribution < -0.4 is 5.73 Å². The maximum absolute atomic E-state index is 11.0. The zero-order valence-corrected chi connectivity index (χ0v) is 12.3. The van der Waals surface area contributed by atoms with Crippen molar-refractivity contribution in [1.29, 1.82) is 0 Å². The first kappa shape index (κ1) is 14.5. The fourth-order valence-corrected chi connectivity index (χ4v) is 2.60. The number of nitro groups is 1. The molecule has 6 nitrogen and oxygen atoms in total. The highest BCUT2D eigenvalue weighted by Crippen LogP contribution is 2.28. The van der Waals surface area contributed by atoms with E-state index in [4.69, 9.17) is 17.3 Å². The van der Waals surface area contributed by atoms with E-state index in [1.807, 2.05) is 10.5 Å². The van der Waals surface area contributed by atoms with Crippen LogP contribution >= 0.6 is 11.6 Å². The number of nitro benzene ring substituents is 1. The second-order valence-corrected chi connectivity index (χ2v) is 5.27. The number of hydrogen-bond donors (Lipinski definition) is 1. The van der Waals surface area contributed by atoms with Crippen LogP contribution in [-0.4, -0.2) is 20.9 Å². The Kier molecular flexibility index (Phi) is 3.79. The van der Waals surface area contributed by atoms with Gasteiger partial charge >= 0.3 is 0 Å². The van der Waals surface area contributed by atoms with Gasteiger partial charge in [0.1, 0.15) is 5.65 Å². The number of nitrogens with two attached hydrogens (primary N) is 1. The summed E-state index contributed by atoms with van der Waals surface area (Å²) in [5.41, 5.74) is 8.73. The van der Waals surface area contributed by atoms with Crippen LogP contribution in [0.5, 0.6) is 0 Å². The minimum Gasteiger partial charge on any atom is -0.330 e. The molecule has 22 heavy (non-hydrogen) atoms. The quantitative estimate of drug-likeness (QED) is 0.592. The third kappa shape index (κ3) is 2.54. The van der Waals surface area contributed by atoms with Gasteiger partial charge in [-0.2, -0.15) is 0 Å². The van der Waals surface area contributed by atoms with Crippen molar-refractivity contribution in [3.05, 3.63) is 63.4 Å². The molecule has 0 saturated heterocycles. The number of hydrogen-bond acceptors (Lipinski definition) is 4. The molecule has 0 bridgehead atoms. The number of halogens is 1. The number of rotatable bonds is 4. The van der Waals surface area contributed by atoms with E-state index < -0.39 is 4.92 Å². The third-order valence-corrected chi connectivity index (χ3v) is 3.62. The topological polar surface area (TPSA) is 86.5 Å². The summed E-state index contributed by atoms with van der Waals surface area (Å²) in [7, 11) is 0. The van der Waals surface area contributed by atoms with Crippen molar-refractivity contribution in [2.24, 2.45) is 5.73 Å². The predicted molar refractivity (Wildman–Crippen MR) is 85.1 cm³/mol. The summed E-state index contributed by atoms with van der Waals surface area (Å²) in [5.74, 6) is 0. The second-order valence-electron chi connectivity index (χ2n) is 4.83. The van der Waals surface area contributed by atoms with Crippen molar-refractivity contribution < 1.29 is 4.92 Å². The molecular weight excluding hydrogens is 304 g/mol. The highest BCUT2D eigenvalue weighted by molar-refractivity contribution is 6.30. The molecule has 0 aliphatic carbocycles. The van der Waals surface area contributed by atoms with Gasteiger partial charge in [-0.05, 0) is 18.7 Å². The van der Waals surface area contributed by atoms with Crippen molar-refractivity contribution in [3.8, 4) is 11.3 Å². The second kappa shape index (κ2) is 5.75. The lowest BCUT2D eigenvalue weighted by atomic mass is 10.1. The Morgan fingerprint density at radius 3 is 2.86 bits per heavy atom. The van der Waals surface area contributed by atoms with E-state index in [0.29, 0.717) is 29.2 Å². The van der Waals surface area contributed by atoms with Gasteiger partial charge < -0.3 is 10.1 Å². The zero-order valence-electron chi connectivity index (χ0n) is 11.6. The minimum atomic E-state index is -0.418. The van der Waals surface area contributed by atoms with Crippen molar-refractivity contribution in [2.75, 3.05) is 6.54 Å². The summed E-state index contributed by atoms with van der Waals surface area (Å²) < 4.78 is 1.88. The number of imidazole rings is 1. The Bertz CT molecular complexity index is 860. The monoisotopic (exact) mass is 316 g/mol. The largest absolute Gasteiger partial charge is 0.330 e. The van der Waals surface area contributed by atoms with Crippen LogP contribution in [0.2, 0.25) is 5.02 Å². The van der Waals surface area contributed by atoms with Gasteiger partial charge in [0.05, 0.1) is 21.3 Å². The maximum atomic E-state index is 11.0. The Labute approximate surface area is 131 Å². The molecule has 0 unspecified atom stereocenters. The molecular formula is C15H13ClN4O2. The van der Waals surface area contributed by atoms with Crippen LogP contribution in [0.15, 0.2) is 42.6 Å². The summed E-state index contributed by atoms with van der Waals surface area (Å²) >= 11 is 6.04. The molecule has 0 aliphatic rings. The van der Waals surface area contributed by atoms with Crippen molar-refractivity contribution in [3.63, 3.8) is 0 Å². The number of non-ortho nitro benzene ring substituents is 1. The molecule has 3 rings (SSSR count). The molecule has 2 N–H and O–H groups in total. The summed E-state index contributed by atoms with van der Waals surface area (Å²) in [5, 5.41) is 11.5. The van der Waals surface area contributed by atoms with Crippen molar-refractivity contribution >= 4 is 22.9 Å². The van der Waals surface area contributed by atoms with Crippen molar-refractivity contribution in [1.82, 2.24) is 9.38 Å². The van der Waals surface area contributed by atoms with E-state index in [9.17, 15) is 10.1 Å². The molecule has 1 aromatic carbocycles. The Morgan fingerprint density at radius 1 is 1.32 bits per heavy atom. The van der Waals surface area contributed by atoms with Gasteiger partial charge in [0.2, 0.25) is 0 Å². The lowest BCUT2D eigenvalue weighted by molar-refractivity contribution is -0.384. The van der Waals surface area contributed by atoms with Gasteiger partial charge in [0, 0.05) is 30.3 Å². The van der Waals surface area contributed by atoms with E-state index in [-0.39, 0.29) is 5.69 Å². The van der Waals surface area contributed by atoms with Crippen LogP contribution in [0, 0.1) is 10.1 Å². The molecule has 0 saturated carbocycles. The molecule has 0 atom stereocenters.